The lowest BCUT2D eigenvalue weighted by Gasteiger charge is -2.07. The topological polar surface area (TPSA) is 29.4 Å². The van der Waals surface area contributed by atoms with Crippen molar-refractivity contribution < 1.29 is 4.21 Å². The molecule has 88 valence electrons. The molecule has 1 atom stereocenters. The third kappa shape index (κ3) is 2.95. The zero-order valence-electron chi connectivity index (χ0n) is 10.1. The fraction of sp³-hybridized carbons (Fsp3) is 0.385. The Hall–Kier alpha value is -1.09. The van der Waals surface area contributed by atoms with Gasteiger partial charge in [0, 0.05) is 12.5 Å². The summed E-state index contributed by atoms with van der Waals surface area (Å²) in [6, 6.07) is 9.45. The quantitative estimate of drug-likeness (QED) is 0.782. The van der Waals surface area contributed by atoms with E-state index in [9.17, 15) is 4.21 Å². The third-order valence-corrected chi connectivity index (χ3v) is 4.73. The SMILES string of the molecule is CCC(=CS(=O)(=NC)c1ccccc1)CC. The Kier molecular flexibility index (Phi) is 4.74. The molecule has 0 aromatic heterocycles. The number of benzene rings is 1. The minimum atomic E-state index is -2.37. The molecule has 0 heterocycles. The Balaban J connectivity index is 3.26. The highest BCUT2D eigenvalue weighted by Gasteiger charge is 2.08. The number of hydrogen-bond acceptors (Lipinski definition) is 2. The van der Waals surface area contributed by atoms with E-state index >= 15 is 0 Å². The van der Waals surface area contributed by atoms with E-state index < -0.39 is 9.73 Å². The molecule has 0 aliphatic carbocycles. The van der Waals surface area contributed by atoms with Crippen molar-refractivity contribution in [3.63, 3.8) is 0 Å². The summed E-state index contributed by atoms with van der Waals surface area (Å²) in [7, 11) is -0.746. The summed E-state index contributed by atoms with van der Waals surface area (Å²) in [5, 5.41) is 1.84. The van der Waals surface area contributed by atoms with Crippen molar-refractivity contribution in [2.45, 2.75) is 31.6 Å². The van der Waals surface area contributed by atoms with Gasteiger partial charge >= 0.3 is 0 Å². The molecule has 0 saturated carbocycles. The van der Waals surface area contributed by atoms with Crippen LogP contribution in [0.2, 0.25) is 0 Å². The Morgan fingerprint density at radius 1 is 1.25 bits per heavy atom. The summed E-state index contributed by atoms with van der Waals surface area (Å²) in [6.07, 6.45) is 1.85. The molecule has 1 unspecified atom stereocenters. The first-order chi connectivity index (χ1) is 7.66. The second-order valence-electron chi connectivity index (χ2n) is 3.55. The maximum absolute atomic E-state index is 12.6. The first kappa shape index (κ1) is 13.0. The van der Waals surface area contributed by atoms with Gasteiger partial charge in [0.05, 0.1) is 14.6 Å². The van der Waals surface area contributed by atoms with E-state index in [1.54, 1.807) is 7.05 Å². The lowest BCUT2D eigenvalue weighted by atomic mass is 10.2. The summed E-state index contributed by atoms with van der Waals surface area (Å²) < 4.78 is 16.7. The van der Waals surface area contributed by atoms with Gasteiger partial charge in [-0.15, -0.1) is 0 Å². The second-order valence-corrected chi connectivity index (χ2v) is 5.76. The van der Waals surface area contributed by atoms with Gasteiger partial charge in [0.2, 0.25) is 0 Å². The molecule has 0 radical (unpaired) electrons. The lowest BCUT2D eigenvalue weighted by Crippen LogP contribution is -1.97. The average Bonchev–Trinajstić information content (AvgIpc) is 2.36. The molecule has 0 aliphatic rings. The molecule has 1 aromatic rings. The van der Waals surface area contributed by atoms with E-state index in [2.05, 4.69) is 18.2 Å². The summed E-state index contributed by atoms with van der Waals surface area (Å²) in [4.78, 5) is 0.789. The molecule has 3 heteroatoms. The zero-order valence-corrected chi connectivity index (χ0v) is 11.0. The predicted molar refractivity (Wildman–Crippen MR) is 69.9 cm³/mol. The molecular formula is C13H19NOS. The van der Waals surface area contributed by atoms with E-state index in [0.717, 1.165) is 17.7 Å². The van der Waals surface area contributed by atoms with Gasteiger partial charge in [-0.3, -0.25) is 0 Å². The van der Waals surface area contributed by atoms with Crippen LogP contribution in [0, 0.1) is 0 Å². The molecular weight excluding hydrogens is 218 g/mol. The summed E-state index contributed by atoms with van der Waals surface area (Å²) in [6.45, 7) is 4.16. The first-order valence-corrected chi connectivity index (χ1v) is 7.14. The zero-order chi connectivity index (χ0) is 12.0. The number of hydrogen-bond donors (Lipinski definition) is 0. The number of nitrogens with zero attached hydrogens (tertiary/aromatic N) is 1. The van der Waals surface area contributed by atoms with Crippen LogP contribution in [-0.4, -0.2) is 11.3 Å². The van der Waals surface area contributed by atoms with Crippen molar-refractivity contribution >= 4 is 9.73 Å². The second kappa shape index (κ2) is 5.85. The third-order valence-electron chi connectivity index (χ3n) is 2.59. The normalized spacial score (nSPS) is 13.9. The van der Waals surface area contributed by atoms with Crippen LogP contribution in [0.4, 0.5) is 0 Å². The van der Waals surface area contributed by atoms with Crippen molar-refractivity contribution in [1.82, 2.24) is 0 Å². The van der Waals surface area contributed by atoms with Crippen LogP contribution in [0.25, 0.3) is 0 Å². The van der Waals surface area contributed by atoms with E-state index in [-0.39, 0.29) is 0 Å². The van der Waals surface area contributed by atoms with Gasteiger partial charge in [0.25, 0.3) is 0 Å². The highest BCUT2D eigenvalue weighted by molar-refractivity contribution is 7.96. The van der Waals surface area contributed by atoms with Crippen molar-refractivity contribution in [3.8, 4) is 0 Å². The summed E-state index contributed by atoms with van der Waals surface area (Å²) >= 11 is 0. The number of rotatable bonds is 4. The first-order valence-electron chi connectivity index (χ1n) is 5.56. The summed E-state index contributed by atoms with van der Waals surface area (Å²) in [5.41, 5.74) is 1.19. The highest BCUT2D eigenvalue weighted by atomic mass is 32.2. The van der Waals surface area contributed by atoms with Gasteiger partial charge in [-0.05, 0) is 25.0 Å². The van der Waals surface area contributed by atoms with Crippen LogP contribution in [0.15, 0.2) is 50.6 Å². The fourth-order valence-electron chi connectivity index (χ4n) is 1.48. The molecule has 0 amide bonds. The van der Waals surface area contributed by atoms with E-state index in [1.165, 1.54) is 5.57 Å². The molecule has 0 saturated heterocycles. The molecule has 1 rings (SSSR count). The van der Waals surface area contributed by atoms with Crippen molar-refractivity contribution in [2.75, 3.05) is 7.05 Å². The van der Waals surface area contributed by atoms with Crippen molar-refractivity contribution in [1.29, 1.82) is 0 Å². The fourth-order valence-corrected chi connectivity index (χ4v) is 3.27. The van der Waals surface area contributed by atoms with Crippen LogP contribution >= 0.6 is 0 Å². The lowest BCUT2D eigenvalue weighted by molar-refractivity contribution is 0.681. The maximum atomic E-state index is 12.6. The Morgan fingerprint density at radius 3 is 2.25 bits per heavy atom. The molecule has 1 aromatic carbocycles. The van der Waals surface area contributed by atoms with Crippen LogP contribution in [0.3, 0.4) is 0 Å². The average molecular weight is 237 g/mol. The Morgan fingerprint density at radius 2 is 1.81 bits per heavy atom. The molecule has 0 N–H and O–H groups in total. The van der Waals surface area contributed by atoms with Crippen molar-refractivity contribution in [2.24, 2.45) is 4.36 Å². The minimum absolute atomic E-state index is 0.789. The van der Waals surface area contributed by atoms with Crippen molar-refractivity contribution in [3.05, 3.63) is 41.3 Å². The van der Waals surface area contributed by atoms with E-state index in [4.69, 9.17) is 0 Å². The van der Waals surface area contributed by atoms with Gasteiger partial charge in [0.1, 0.15) is 0 Å². The standard InChI is InChI=1S/C13H19NOS/c1-4-12(5-2)11-16(15,14-3)13-9-7-6-8-10-13/h6-11H,4-5H2,1-3H3. The maximum Gasteiger partial charge on any atom is 0.0966 e. The van der Waals surface area contributed by atoms with Crippen LogP contribution in [0.5, 0.6) is 0 Å². The van der Waals surface area contributed by atoms with Gasteiger partial charge in [-0.1, -0.05) is 37.6 Å². The van der Waals surface area contributed by atoms with Gasteiger partial charge < -0.3 is 0 Å². The smallest absolute Gasteiger partial charge is 0.0966 e. The summed E-state index contributed by atoms with van der Waals surface area (Å²) in [5.74, 6) is 0. The Labute approximate surface area is 98.6 Å². The molecule has 0 aliphatic heterocycles. The highest BCUT2D eigenvalue weighted by Crippen LogP contribution is 2.18. The monoisotopic (exact) mass is 237 g/mol. The van der Waals surface area contributed by atoms with Crippen LogP contribution < -0.4 is 0 Å². The van der Waals surface area contributed by atoms with E-state index in [0.29, 0.717) is 0 Å². The van der Waals surface area contributed by atoms with Gasteiger partial charge in [0.15, 0.2) is 0 Å². The number of allylic oxidation sites excluding steroid dienone is 1. The van der Waals surface area contributed by atoms with E-state index in [1.807, 2.05) is 35.7 Å². The van der Waals surface area contributed by atoms with Crippen LogP contribution in [-0.2, 0) is 9.73 Å². The molecule has 0 bridgehead atoms. The molecule has 0 fully saturated rings. The molecule has 2 nitrogen and oxygen atoms in total. The van der Waals surface area contributed by atoms with Crippen LogP contribution in [0.1, 0.15) is 26.7 Å². The predicted octanol–water partition coefficient (Wildman–Crippen LogP) is 3.85. The Bertz CT molecular complexity index is 462. The molecule has 16 heavy (non-hydrogen) atoms. The van der Waals surface area contributed by atoms with Gasteiger partial charge in [-0.2, -0.15) is 0 Å². The molecule has 0 spiro atoms. The van der Waals surface area contributed by atoms with Gasteiger partial charge in [-0.25, -0.2) is 8.57 Å². The largest absolute Gasteiger partial charge is 0.240 e. The minimum Gasteiger partial charge on any atom is -0.240 e.